The summed E-state index contributed by atoms with van der Waals surface area (Å²) in [5.74, 6) is 0. The van der Waals surface area contributed by atoms with E-state index in [1.807, 2.05) is 158 Å². The van der Waals surface area contributed by atoms with E-state index in [0.717, 1.165) is 27.4 Å². The van der Waals surface area contributed by atoms with Crippen LogP contribution in [0.15, 0.2) is 152 Å². The molecular weight excluding hydrogens is 480 g/mol. The molecule has 5 aromatic rings. The molecule has 0 atom stereocenters. The van der Waals surface area contributed by atoms with Crippen molar-refractivity contribution in [3.63, 3.8) is 0 Å². The molecule has 0 saturated carbocycles. The van der Waals surface area contributed by atoms with Gasteiger partial charge in [0.25, 0.3) is 0 Å². The van der Waals surface area contributed by atoms with Crippen molar-refractivity contribution in [1.29, 1.82) is 0 Å². The van der Waals surface area contributed by atoms with Gasteiger partial charge >= 0.3 is 0 Å². The summed E-state index contributed by atoms with van der Waals surface area (Å²) in [7, 11) is -3.45. The lowest BCUT2D eigenvalue weighted by Crippen LogP contribution is -2.58. The molecule has 0 radical (unpaired) electrons. The summed E-state index contributed by atoms with van der Waals surface area (Å²) in [6.45, 7) is 1.96. The second-order valence-corrected chi connectivity index (χ2v) is 13.8. The van der Waals surface area contributed by atoms with Gasteiger partial charge in [0.2, 0.25) is 8.07 Å². The summed E-state index contributed by atoms with van der Waals surface area (Å²) in [4.78, 5) is 31.1. The van der Waals surface area contributed by atoms with Crippen LogP contribution in [0, 0.1) is 0 Å². The second-order valence-electron chi connectivity index (χ2n) is 10.1. The number of hydrogen-bond acceptors (Lipinski definition) is 2. The van der Waals surface area contributed by atoms with Crippen molar-refractivity contribution in [3.05, 3.63) is 174 Å². The molecule has 2 nitrogen and oxygen atoms in total. The van der Waals surface area contributed by atoms with Crippen LogP contribution in [-0.2, 0) is 20.4 Å². The van der Waals surface area contributed by atoms with E-state index in [0.29, 0.717) is 0 Å². The quantitative estimate of drug-likeness (QED) is 0.266. The fourth-order valence-electron chi connectivity index (χ4n) is 6.70. The molecule has 1 aliphatic heterocycles. The van der Waals surface area contributed by atoms with Crippen LogP contribution in [0.1, 0.15) is 22.3 Å². The van der Waals surface area contributed by atoms with Crippen molar-refractivity contribution in [2.45, 2.75) is 17.4 Å². The maximum absolute atomic E-state index is 15.6. The summed E-state index contributed by atoms with van der Waals surface area (Å²) in [5.41, 5.74) is 0.834. The van der Waals surface area contributed by atoms with Gasteiger partial charge in [-0.2, -0.15) is 0 Å². The van der Waals surface area contributed by atoms with Gasteiger partial charge in [-0.05, 0) is 27.4 Å². The van der Waals surface area contributed by atoms with Crippen LogP contribution in [0.5, 0.6) is 0 Å². The van der Waals surface area contributed by atoms with Gasteiger partial charge in [0.05, 0.1) is 10.8 Å². The third-order valence-electron chi connectivity index (χ3n) is 8.33. The Balaban J connectivity index is 1.88. The molecule has 0 N–H and O–H groups in total. The lowest BCUT2D eigenvalue weighted by atomic mass is 9.53. The van der Waals surface area contributed by atoms with Gasteiger partial charge in [0.15, 0.2) is 0 Å². The fourth-order valence-corrected chi connectivity index (χ4v) is 10.7. The SMILES string of the molecule is C[Si]1(c2ccccc2)C(=O)C(c2ccccc2)(c2ccccc2)C(c2ccccc2)(c2ccccc2)C1=O. The van der Waals surface area contributed by atoms with Gasteiger partial charge in [-0.3, -0.25) is 0 Å². The maximum Gasteiger partial charge on any atom is 0.238 e. The van der Waals surface area contributed by atoms with Crippen molar-refractivity contribution in [3.8, 4) is 0 Å². The fraction of sp³-hybridized carbons (Fsp3) is 0.0857. The van der Waals surface area contributed by atoms with E-state index in [2.05, 4.69) is 0 Å². The van der Waals surface area contributed by atoms with Crippen LogP contribution in [-0.4, -0.2) is 18.9 Å². The Morgan fingerprint density at radius 1 is 0.395 bits per heavy atom. The molecule has 0 aromatic heterocycles. The number of carbonyl (C=O) groups is 2. The first-order valence-electron chi connectivity index (χ1n) is 13.0. The first-order valence-corrected chi connectivity index (χ1v) is 15.5. The average Bonchev–Trinajstić information content (AvgIpc) is 3.17. The van der Waals surface area contributed by atoms with Gasteiger partial charge in [-0.1, -0.05) is 158 Å². The predicted molar refractivity (Wildman–Crippen MR) is 155 cm³/mol. The summed E-state index contributed by atoms with van der Waals surface area (Å²) < 4.78 is 0. The molecule has 38 heavy (non-hydrogen) atoms. The van der Waals surface area contributed by atoms with Gasteiger partial charge in [0.1, 0.15) is 10.8 Å². The minimum atomic E-state index is -3.45. The molecule has 0 aliphatic carbocycles. The molecule has 1 heterocycles. The normalized spacial score (nSPS) is 17.3. The largest absolute Gasteiger partial charge is 0.303 e. The zero-order valence-electron chi connectivity index (χ0n) is 21.3. The summed E-state index contributed by atoms with van der Waals surface area (Å²) >= 11 is 0. The Hall–Kier alpha value is -4.34. The van der Waals surface area contributed by atoms with Gasteiger partial charge < -0.3 is 9.59 Å². The third-order valence-corrected chi connectivity index (χ3v) is 12.4. The van der Waals surface area contributed by atoms with Crippen molar-refractivity contribution >= 4 is 24.1 Å². The zero-order valence-corrected chi connectivity index (χ0v) is 22.3. The summed E-state index contributed by atoms with van der Waals surface area (Å²) in [5, 5.41) is 0.887. The first kappa shape index (κ1) is 24.0. The highest BCUT2D eigenvalue weighted by molar-refractivity contribution is 7.34. The number of carbonyl (C=O) groups excluding carboxylic acids is 2. The molecule has 5 aromatic carbocycles. The van der Waals surface area contributed by atoms with E-state index in [-0.39, 0.29) is 10.8 Å². The van der Waals surface area contributed by atoms with Crippen LogP contribution in [0.25, 0.3) is 0 Å². The zero-order chi connectivity index (χ0) is 26.2. The van der Waals surface area contributed by atoms with Crippen molar-refractivity contribution < 1.29 is 9.59 Å². The maximum atomic E-state index is 15.6. The molecule has 184 valence electrons. The molecule has 1 saturated heterocycles. The molecular formula is C35H28O2Si. The molecule has 0 amide bonds. The Morgan fingerprint density at radius 2 is 0.632 bits per heavy atom. The van der Waals surface area contributed by atoms with E-state index < -0.39 is 18.9 Å². The highest BCUT2D eigenvalue weighted by Crippen LogP contribution is 2.60. The van der Waals surface area contributed by atoms with Crippen LogP contribution in [0.4, 0.5) is 0 Å². The molecule has 1 aliphatic rings. The Kier molecular flexibility index (Phi) is 5.81. The first-order chi connectivity index (χ1) is 18.6. The highest BCUT2D eigenvalue weighted by Gasteiger charge is 2.77. The summed E-state index contributed by atoms with van der Waals surface area (Å²) in [6.07, 6.45) is 0. The molecule has 0 bridgehead atoms. The topological polar surface area (TPSA) is 34.1 Å². The molecule has 0 unspecified atom stereocenters. The molecule has 6 rings (SSSR count). The monoisotopic (exact) mass is 508 g/mol. The van der Waals surface area contributed by atoms with Crippen LogP contribution in [0.2, 0.25) is 6.55 Å². The average molecular weight is 509 g/mol. The van der Waals surface area contributed by atoms with E-state index in [4.69, 9.17) is 0 Å². The lowest BCUT2D eigenvalue weighted by molar-refractivity contribution is -0.120. The molecule has 3 heteroatoms. The number of benzene rings is 5. The van der Waals surface area contributed by atoms with Crippen LogP contribution < -0.4 is 5.19 Å². The summed E-state index contributed by atoms with van der Waals surface area (Å²) in [6, 6.07) is 49.5. The minimum absolute atomic E-state index is 0.0197. The van der Waals surface area contributed by atoms with Gasteiger partial charge in [0, 0.05) is 0 Å². The minimum Gasteiger partial charge on any atom is -0.303 e. The number of hydrogen-bond donors (Lipinski definition) is 0. The smallest absolute Gasteiger partial charge is 0.238 e. The van der Waals surface area contributed by atoms with Crippen LogP contribution in [0.3, 0.4) is 0 Å². The van der Waals surface area contributed by atoms with E-state index in [9.17, 15) is 0 Å². The van der Waals surface area contributed by atoms with Crippen molar-refractivity contribution in [2.75, 3.05) is 0 Å². The van der Waals surface area contributed by atoms with Gasteiger partial charge in [-0.15, -0.1) is 0 Å². The van der Waals surface area contributed by atoms with E-state index in [1.54, 1.807) is 0 Å². The standard InChI is InChI=1S/C35H28O2Si/c1-38(31-25-15-6-16-26-31)32(36)34(27-17-7-2-8-18-27,28-19-9-3-10-20-28)35(33(38)37,29-21-11-4-12-22-29)30-23-13-5-14-24-30/h2-26H,1H3. The van der Waals surface area contributed by atoms with Gasteiger partial charge in [-0.25, -0.2) is 0 Å². The number of rotatable bonds is 5. The Bertz CT molecular complexity index is 1400. The molecule has 0 spiro atoms. The second kappa shape index (κ2) is 9.20. The predicted octanol–water partition coefficient (Wildman–Crippen LogP) is 6.18. The Morgan fingerprint density at radius 3 is 0.895 bits per heavy atom. The van der Waals surface area contributed by atoms with Crippen molar-refractivity contribution in [1.82, 2.24) is 0 Å². The van der Waals surface area contributed by atoms with Crippen molar-refractivity contribution in [2.24, 2.45) is 0 Å². The van der Waals surface area contributed by atoms with E-state index >= 15 is 9.59 Å². The third kappa shape index (κ3) is 3.06. The molecule has 1 fully saturated rings. The van der Waals surface area contributed by atoms with Crippen LogP contribution >= 0.6 is 0 Å². The lowest BCUT2D eigenvalue weighted by Gasteiger charge is -2.45. The van der Waals surface area contributed by atoms with E-state index in [1.165, 1.54) is 0 Å². The highest BCUT2D eigenvalue weighted by atomic mass is 28.3. The Labute approximate surface area is 224 Å².